The second-order valence-corrected chi connectivity index (χ2v) is 9.22. The van der Waals surface area contributed by atoms with E-state index >= 15 is 0 Å². The molecule has 8 heteroatoms. The molecule has 0 saturated heterocycles. The number of nitrogens with zero attached hydrogens (tertiary/aromatic N) is 1. The Balaban J connectivity index is 1.53. The lowest BCUT2D eigenvalue weighted by Gasteiger charge is -2.20. The summed E-state index contributed by atoms with van der Waals surface area (Å²) in [5, 5.41) is 7.36. The molecule has 0 bridgehead atoms. The highest BCUT2D eigenvalue weighted by Gasteiger charge is 2.24. The van der Waals surface area contributed by atoms with Crippen LogP contribution in [0.5, 0.6) is 5.75 Å². The summed E-state index contributed by atoms with van der Waals surface area (Å²) in [6, 6.07) is 19.3. The van der Waals surface area contributed by atoms with Gasteiger partial charge < -0.3 is 10.1 Å². The predicted octanol–water partition coefficient (Wildman–Crippen LogP) is 5.79. The van der Waals surface area contributed by atoms with Crippen LogP contribution in [0.2, 0.25) is 10.0 Å². The molecule has 3 rings (SSSR count). The van der Waals surface area contributed by atoms with Crippen LogP contribution in [-0.2, 0) is 11.4 Å². The zero-order valence-electron chi connectivity index (χ0n) is 19.7. The van der Waals surface area contributed by atoms with Gasteiger partial charge in [0.2, 0.25) is 0 Å². The molecule has 0 aliphatic carbocycles. The fourth-order valence-corrected chi connectivity index (χ4v) is 3.44. The Hall–Kier alpha value is -3.35. The maximum absolute atomic E-state index is 12.7. The molecule has 182 valence electrons. The molecule has 0 aliphatic heterocycles. The second-order valence-electron chi connectivity index (χ2n) is 8.40. The van der Waals surface area contributed by atoms with E-state index in [0.717, 1.165) is 16.9 Å². The third-order valence-corrected chi connectivity index (χ3v) is 5.95. The Morgan fingerprint density at radius 3 is 2.29 bits per heavy atom. The van der Waals surface area contributed by atoms with E-state index in [9.17, 15) is 9.59 Å². The van der Waals surface area contributed by atoms with Crippen molar-refractivity contribution in [2.45, 2.75) is 33.4 Å². The van der Waals surface area contributed by atoms with Gasteiger partial charge >= 0.3 is 0 Å². The lowest BCUT2D eigenvalue weighted by Crippen LogP contribution is -2.48. The minimum atomic E-state index is -0.786. The molecule has 2 N–H and O–H groups in total. The number of benzene rings is 3. The minimum Gasteiger partial charge on any atom is -0.489 e. The Bertz CT molecular complexity index is 1190. The number of carbonyl (C=O) groups is 2. The average Bonchev–Trinajstić information content (AvgIpc) is 2.84. The monoisotopic (exact) mass is 511 g/mol. The maximum Gasteiger partial charge on any atom is 0.262 e. The van der Waals surface area contributed by atoms with Crippen LogP contribution in [0.25, 0.3) is 0 Å². The van der Waals surface area contributed by atoms with Crippen molar-refractivity contribution in [3.05, 3.63) is 99.0 Å². The van der Waals surface area contributed by atoms with Gasteiger partial charge in [0.1, 0.15) is 18.4 Å². The van der Waals surface area contributed by atoms with Crippen LogP contribution < -0.4 is 15.5 Å². The SMILES string of the molecule is Cc1ccc(COc2ccc(/C=N/NC(=O)C(NC(=O)c3ccc(Cl)c(Cl)c3)C(C)C)cc2)cc1. The van der Waals surface area contributed by atoms with Gasteiger partial charge in [-0.2, -0.15) is 5.10 Å². The Morgan fingerprint density at radius 2 is 1.66 bits per heavy atom. The van der Waals surface area contributed by atoms with Gasteiger partial charge in [0.25, 0.3) is 11.8 Å². The molecule has 0 saturated carbocycles. The Morgan fingerprint density at radius 1 is 0.971 bits per heavy atom. The van der Waals surface area contributed by atoms with Crippen molar-refractivity contribution in [2.24, 2.45) is 11.0 Å². The average molecular weight is 512 g/mol. The van der Waals surface area contributed by atoms with Gasteiger partial charge in [-0.1, -0.05) is 66.9 Å². The number of rotatable bonds is 9. The molecule has 1 atom stereocenters. The number of hydrazone groups is 1. The zero-order chi connectivity index (χ0) is 25.4. The molecule has 0 aliphatic rings. The van der Waals surface area contributed by atoms with Crippen LogP contribution in [0.3, 0.4) is 0 Å². The van der Waals surface area contributed by atoms with Crippen LogP contribution in [0.15, 0.2) is 71.8 Å². The third-order valence-electron chi connectivity index (χ3n) is 5.21. The van der Waals surface area contributed by atoms with Crippen molar-refractivity contribution in [3.63, 3.8) is 0 Å². The molecule has 1 unspecified atom stereocenters. The van der Waals surface area contributed by atoms with Crippen LogP contribution >= 0.6 is 23.2 Å². The van der Waals surface area contributed by atoms with Crippen molar-refractivity contribution in [1.82, 2.24) is 10.7 Å². The van der Waals surface area contributed by atoms with Crippen molar-refractivity contribution in [2.75, 3.05) is 0 Å². The van der Waals surface area contributed by atoms with E-state index in [1.165, 1.54) is 23.9 Å². The first-order chi connectivity index (χ1) is 16.7. The summed E-state index contributed by atoms with van der Waals surface area (Å²) in [4.78, 5) is 25.2. The number of nitrogens with one attached hydrogen (secondary N) is 2. The van der Waals surface area contributed by atoms with Gasteiger partial charge in [0.15, 0.2) is 0 Å². The fourth-order valence-electron chi connectivity index (χ4n) is 3.14. The summed E-state index contributed by atoms with van der Waals surface area (Å²) >= 11 is 11.9. The van der Waals surface area contributed by atoms with E-state index < -0.39 is 17.9 Å². The van der Waals surface area contributed by atoms with E-state index in [4.69, 9.17) is 27.9 Å². The van der Waals surface area contributed by atoms with Gasteiger partial charge in [0.05, 0.1) is 16.3 Å². The first-order valence-electron chi connectivity index (χ1n) is 11.1. The Labute approximate surface area is 215 Å². The van der Waals surface area contributed by atoms with Gasteiger partial charge in [-0.15, -0.1) is 0 Å². The van der Waals surface area contributed by atoms with E-state index in [2.05, 4.69) is 28.0 Å². The summed E-state index contributed by atoms with van der Waals surface area (Å²) in [6.07, 6.45) is 1.53. The molecule has 6 nitrogen and oxygen atoms in total. The second kappa shape index (κ2) is 12.4. The van der Waals surface area contributed by atoms with Gasteiger partial charge in [0, 0.05) is 5.56 Å². The van der Waals surface area contributed by atoms with Crippen LogP contribution in [-0.4, -0.2) is 24.1 Å². The van der Waals surface area contributed by atoms with Crippen molar-refractivity contribution < 1.29 is 14.3 Å². The summed E-state index contributed by atoms with van der Waals surface area (Å²) < 4.78 is 5.80. The van der Waals surface area contributed by atoms with E-state index in [0.29, 0.717) is 17.2 Å². The standard InChI is InChI=1S/C27H27Cl2N3O3/c1-17(2)25(31-26(33)21-10-13-23(28)24(29)14-21)27(34)32-30-15-19-8-11-22(12-9-19)35-16-20-6-4-18(3)5-7-20/h4-15,17,25H,16H2,1-3H3,(H,31,33)(H,32,34)/b30-15+. The van der Waals surface area contributed by atoms with Crippen molar-refractivity contribution in [3.8, 4) is 5.75 Å². The predicted molar refractivity (Wildman–Crippen MR) is 140 cm³/mol. The number of aryl methyl sites for hydroxylation is 1. The maximum atomic E-state index is 12.7. The first-order valence-corrected chi connectivity index (χ1v) is 11.9. The number of ether oxygens (including phenoxy) is 1. The molecule has 0 heterocycles. The molecule has 0 radical (unpaired) electrons. The molecular weight excluding hydrogens is 485 g/mol. The zero-order valence-corrected chi connectivity index (χ0v) is 21.2. The molecule has 2 amide bonds. The third kappa shape index (κ3) is 7.84. The number of hydrogen-bond acceptors (Lipinski definition) is 4. The van der Waals surface area contributed by atoms with Crippen molar-refractivity contribution >= 4 is 41.2 Å². The molecule has 3 aromatic carbocycles. The summed E-state index contributed by atoms with van der Waals surface area (Å²) in [5.74, 6) is -0.288. The first kappa shape index (κ1) is 26.3. The normalized spacial score (nSPS) is 11.9. The minimum absolute atomic E-state index is 0.165. The largest absolute Gasteiger partial charge is 0.489 e. The molecule has 0 spiro atoms. The number of amides is 2. The molecule has 0 fully saturated rings. The quantitative estimate of drug-likeness (QED) is 0.282. The van der Waals surface area contributed by atoms with E-state index in [1.807, 2.05) is 57.2 Å². The van der Waals surface area contributed by atoms with Gasteiger partial charge in [-0.25, -0.2) is 5.43 Å². The number of hydrogen-bond donors (Lipinski definition) is 2. The summed E-state index contributed by atoms with van der Waals surface area (Å²) in [6.45, 7) is 6.19. The van der Waals surface area contributed by atoms with Crippen LogP contribution in [0, 0.1) is 12.8 Å². The number of halogens is 2. The lowest BCUT2D eigenvalue weighted by molar-refractivity contribution is -0.123. The summed E-state index contributed by atoms with van der Waals surface area (Å²) in [7, 11) is 0. The van der Waals surface area contributed by atoms with Crippen molar-refractivity contribution in [1.29, 1.82) is 0 Å². The molecule has 0 aromatic heterocycles. The highest BCUT2D eigenvalue weighted by atomic mass is 35.5. The smallest absolute Gasteiger partial charge is 0.262 e. The molecule has 3 aromatic rings. The Kier molecular flexibility index (Phi) is 9.29. The topological polar surface area (TPSA) is 79.8 Å². The van der Waals surface area contributed by atoms with Gasteiger partial charge in [-0.3, -0.25) is 9.59 Å². The lowest BCUT2D eigenvalue weighted by atomic mass is 10.0. The fraction of sp³-hybridized carbons (Fsp3) is 0.222. The number of carbonyl (C=O) groups excluding carboxylic acids is 2. The van der Waals surface area contributed by atoms with E-state index in [-0.39, 0.29) is 10.9 Å². The highest BCUT2D eigenvalue weighted by molar-refractivity contribution is 6.42. The molecule has 35 heavy (non-hydrogen) atoms. The van der Waals surface area contributed by atoms with Gasteiger partial charge in [-0.05, 0) is 66.4 Å². The van der Waals surface area contributed by atoms with E-state index in [1.54, 1.807) is 6.07 Å². The van der Waals surface area contributed by atoms with Crippen LogP contribution in [0.1, 0.15) is 40.9 Å². The molecular formula is C27H27Cl2N3O3. The summed E-state index contributed by atoms with van der Waals surface area (Å²) in [5.41, 5.74) is 5.89. The van der Waals surface area contributed by atoms with Crippen LogP contribution in [0.4, 0.5) is 0 Å². The highest BCUT2D eigenvalue weighted by Crippen LogP contribution is 2.22.